The van der Waals surface area contributed by atoms with Gasteiger partial charge in [0, 0.05) is 4.90 Å². The van der Waals surface area contributed by atoms with Gasteiger partial charge in [-0.15, -0.1) is 0 Å². The molecular formula is C13H15F6O4PS. The molecule has 0 radical (unpaired) electrons. The molecule has 0 fully saturated rings. The van der Waals surface area contributed by atoms with Crippen LogP contribution in [-0.4, -0.2) is 22.9 Å². The first-order valence-corrected chi connectivity index (χ1v) is 9.93. The molecule has 1 rings (SSSR count). The molecule has 1 aromatic carbocycles. The number of halogens is 6. The monoisotopic (exact) mass is 412 g/mol. The molecule has 0 heterocycles. The van der Waals surface area contributed by atoms with Crippen molar-refractivity contribution in [2.24, 2.45) is 0 Å². The predicted molar refractivity (Wildman–Crippen MR) is 78.6 cm³/mol. The lowest BCUT2D eigenvalue weighted by Crippen LogP contribution is -2.13. The fourth-order valence-corrected chi connectivity index (χ4v) is 5.50. The minimum Gasteiger partial charge on any atom is -0.308 e. The highest BCUT2D eigenvalue weighted by molar-refractivity contribution is 7.92. The molecule has 144 valence electrons. The summed E-state index contributed by atoms with van der Waals surface area (Å²) in [5.41, 5.74) is -4.06. The van der Waals surface area contributed by atoms with Gasteiger partial charge in [0.25, 0.3) is 0 Å². The van der Waals surface area contributed by atoms with E-state index in [1.165, 1.54) is 13.8 Å². The van der Waals surface area contributed by atoms with Gasteiger partial charge in [-0.2, -0.15) is 26.3 Å². The Morgan fingerprint density at radius 2 is 1.32 bits per heavy atom. The number of hydrogen-bond acceptors (Lipinski definition) is 4. The van der Waals surface area contributed by atoms with Crippen LogP contribution in [0.5, 0.6) is 0 Å². The van der Waals surface area contributed by atoms with Gasteiger partial charge in [-0.25, -0.2) is 0 Å². The number of hydrogen-bond donors (Lipinski definition) is 0. The molecule has 1 aromatic rings. The van der Waals surface area contributed by atoms with Crippen molar-refractivity contribution in [3.63, 3.8) is 0 Å². The Kier molecular flexibility index (Phi) is 7.26. The van der Waals surface area contributed by atoms with Crippen LogP contribution >= 0.6 is 7.60 Å². The molecule has 0 saturated carbocycles. The lowest BCUT2D eigenvalue weighted by atomic mass is 10.1. The summed E-state index contributed by atoms with van der Waals surface area (Å²) in [4.78, 5) is -0.762. The standard InChI is InChI=1S/C13H15F6O4PS/c1-3-22-24(20,23-4-2)8-25(21)11-6-9(12(14,15)16)5-10(7-11)13(17,18)19/h5-7H,3-4,8H2,1-2H3. The van der Waals surface area contributed by atoms with E-state index in [4.69, 9.17) is 9.05 Å². The molecule has 1 unspecified atom stereocenters. The van der Waals surface area contributed by atoms with E-state index in [1.54, 1.807) is 0 Å². The van der Waals surface area contributed by atoms with Crippen LogP contribution in [0.1, 0.15) is 25.0 Å². The Labute approximate surface area is 142 Å². The molecule has 12 heteroatoms. The van der Waals surface area contributed by atoms with Crippen molar-refractivity contribution in [1.82, 2.24) is 0 Å². The van der Waals surface area contributed by atoms with Gasteiger partial charge in [0.1, 0.15) is 5.49 Å². The molecule has 0 amide bonds. The highest BCUT2D eigenvalue weighted by Crippen LogP contribution is 2.49. The van der Waals surface area contributed by atoms with E-state index < -0.39 is 52.3 Å². The van der Waals surface area contributed by atoms with E-state index in [0.29, 0.717) is 12.1 Å². The second-order valence-corrected chi connectivity index (χ2v) is 8.60. The van der Waals surface area contributed by atoms with E-state index >= 15 is 0 Å². The van der Waals surface area contributed by atoms with Crippen molar-refractivity contribution >= 4 is 18.4 Å². The minimum atomic E-state index is -5.07. The van der Waals surface area contributed by atoms with Gasteiger partial charge in [0.2, 0.25) is 0 Å². The minimum absolute atomic E-state index is 0.0780. The molecule has 0 aromatic heterocycles. The van der Waals surface area contributed by atoms with Crippen molar-refractivity contribution in [3.05, 3.63) is 29.3 Å². The predicted octanol–water partition coefficient (Wildman–Crippen LogP) is 5.06. The highest BCUT2D eigenvalue weighted by Gasteiger charge is 2.38. The van der Waals surface area contributed by atoms with E-state index in [0.717, 1.165) is 0 Å². The lowest BCUT2D eigenvalue weighted by molar-refractivity contribution is -0.143. The molecule has 4 nitrogen and oxygen atoms in total. The van der Waals surface area contributed by atoms with E-state index in [1.807, 2.05) is 0 Å². The van der Waals surface area contributed by atoms with Crippen LogP contribution in [-0.2, 0) is 36.8 Å². The van der Waals surface area contributed by atoms with Gasteiger partial charge in [-0.3, -0.25) is 8.77 Å². The van der Waals surface area contributed by atoms with Gasteiger partial charge >= 0.3 is 19.9 Å². The van der Waals surface area contributed by atoms with Crippen molar-refractivity contribution in [3.8, 4) is 0 Å². The van der Waals surface area contributed by atoms with Gasteiger partial charge in [0.05, 0.1) is 35.1 Å². The zero-order chi connectivity index (χ0) is 19.5. The smallest absolute Gasteiger partial charge is 0.308 e. The van der Waals surface area contributed by atoms with E-state index in [-0.39, 0.29) is 19.3 Å². The average molecular weight is 412 g/mol. The summed E-state index contributed by atoms with van der Waals surface area (Å²) in [6.07, 6.45) is -10.1. The molecule has 0 aliphatic heterocycles. The summed E-state index contributed by atoms with van der Waals surface area (Å²) < 4.78 is 111. The Bertz CT molecular complexity index is 631. The number of alkyl halides is 6. The molecule has 0 spiro atoms. The second-order valence-electron chi connectivity index (χ2n) is 4.66. The number of rotatable bonds is 7. The largest absolute Gasteiger partial charge is 0.416 e. The Hall–Kier alpha value is -0.900. The van der Waals surface area contributed by atoms with Crippen LogP contribution in [0.3, 0.4) is 0 Å². The van der Waals surface area contributed by atoms with E-state index in [9.17, 15) is 35.1 Å². The average Bonchev–Trinajstić information content (AvgIpc) is 2.45. The normalized spacial score (nSPS) is 14.6. The summed E-state index contributed by atoms with van der Waals surface area (Å²) >= 11 is 0. The van der Waals surface area contributed by atoms with Crippen LogP contribution in [0.2, 0.25) is 0 Å². The summed E-state index contributed by atoms with van der Waals surface area (Å²) in [6.45, 7) is 2.73. The van der Waals surface area contributed by atoms with Gasteiger partial charge in [-0.05, 0) is 32.0 Å². The van der Waals surface area contributed by atoms with Crippen molar-refractivity contribution in [2.45, 2.75) is 31.1 Å². The zero-order valence-electron chi connectivity index (χ0n) is 13.1. The summed E-state index contributed by atoms with van der Waals surface area (Å²) in [7, 11) is -6.37. The van der Waals surface area contributed by atoms with Crippen LogP contribution < -0.4 is 0 Å². The van der Waals surface area contributed by atoms with Crippen molar-refractivity contribution in [2.75, 3.05) is 18.7 Å². The Morgan fingerprint density at radius 3 is 1.64 bits per heavy atom. The molecule has 1 atom stereocenters. The third kappa shape index (κ3) is 6.40. The maximum Gasteiger partial charge on any atom is 0.416 e. The molecule has 0 bridgehead atoms. The first-order chi connectivity index (χ1) is 11.3. The van der Waals surface area contributed by atoms with Crippen LogP contribution in [0.15, 0.2) is 23.1 Å². The summed E-state index contributed by atoms with van der Waals surface area (Å²) in [5.74, 6) is 0. The SMILES string of the molecule is CCOP(=O)(CS(=O)c1cc(C(F)(F)F)cc(C(F)(F)F)c1)OCC. The van der Waals surface area contributed by atoms with Crippen molar-refractivity contribution < 1.29 is 44.2 Å². The molecule has 0 saturated heterocycles. The first-order valence-electron chi connectivity index (χ1n) is 6.88. The molecule has 25 heavy (non-hydrogen) atoms. The fraction of sp³-hybridized carbons (Fsp3) is 0.538. The van der Waals surface area contributed by atoms with Crippen molar-refractivity contribution in [1.29, 1.82) is 0 Å². The van der Waals surface area contributed by atoms with Gasteiger partial charge < -0.3 is 9.05 Å². The van der Waals surface area contributed by atoms with Crippen LogP contribution in [0.4, 0.5) is 26.3 Å². The Morgan fingerprint density at radius 1 is 0.920 bits per heavy atom. The second kappa shape index (κ2) is 8.20. The lowest BCUT2D eigenvalue weighted by Gasteiger charge is -2.18. The van der Waals surface area contributed by atoms with Gasteiger partial charge in [0.15, 0.2) is 0 Å². The molecule has 0 aliphatic carbocycles. The van der Waals surface area contributed by atoms with Crippen LogP contribution in [0, 0.1) is 0 Å². The molecule has 0 N–H and O–H groups in total. The molecular weight excluding hydrogens is 397 g/mol. The quantitative estimate of drug-likeness (QED) is 0.464. The maximum absolute atomic E-state index is 12.8. The topological polar surface area (TPSA) is 52.6 Å². The zero-order valence-corrected chi connectivity index (χ0v) is 14.8. The maximum atomic E-state index is 12.8. The van der Waals surface area contributed by atoms with E-state index in [2.05, 4.69) is 0 Å². The third-order valence-electron chi connectivity index (χ3n) is 2.75. The molecule has 0 aliphatic rings. The van der Waals surface area contributed by atoms with Gasteiger partial charge in [-0.1, -0.05) is 0 Å². The first kappa shape index (κ1) is 22.1. The summed E-state index contributed by atoms with van der Waals surface area (Å²) in [5, 5.41) is 0. The highest BCUT2D eigenvalue weighted by atomic mass is 32.2. The fourth-order valence-electron chi connectivity index (χ4n) is 1.78. The Balaban J connectivity index is 3.31. The number of benzene rings is 1. The van der Waals surface area contributed by atoms with Crippen LogP contribution in [0.25, 0.3) is 0 Å². The summed E-state index contributed by atoms with van der Waals surface area (Å²) in [6, 6.07) is 0.576. The third-order valence-corrected chi connectivity index (χ3v) is 7.02.